The number of aromatic nitrogens is 2. The van der Waals surface area contributed by atoms with Gasteiger partial charge in [0.1, 0.15) is 0 Å². The third-order valence-corrected chi connectivity index (χ3v) is 2.82. The summed E-state index contributed by atoms with van der Waals surface area (Å²) in [6.45, 7) is 11.0. The van der Waals surface area contributed by atoms with Crippen molar-refractivity contribution in [3.63, 3.8) is 0 Å². The van der Waals surface area contributed by atoms with Gasteiger partial charge in [0.15, 0.2) is 0 Å². The van der Waals surface area contributed by atoms with Crippen LogP contribution in [0.15, 0.2) is 6.07 Å². The van der Waals surface area contributed by atoms with Crippen LogP contribution in [0.3, 0.4) is 0 Å². The molecule has 1 aromatic heterocycles. The van der Waals surface area contributed by atoms with Crippen molar-refractivity contribution in [2.75, 3.05) is 7.05 Å². The van der Waals surface area contributed by atoms with E-state index >= 15 is 0 Å². The molecule has 0 bridgehead atoms. The molecule has 0 aliphatic carbocycles. The average molecular weight is 223 g/mol. The Kier molecular flexibility index (Phi) is 4.14. The molecule has 0 saturated carbocycles. The topological polar surface area (TPSA) is 29.9 Å². The first-order chi connectivity index (χ1) is 7.40. The predicted octanol–water partition coefficient (Wildman–Crippen LogP) is 2.87. The second-order valence-electron chi connectivity index (χ2n) is 5.40. The van der Waals surface area contributed by atoms with Gasteiger partial charge in [-0.15, -0.1) is 0 Å². The molecule has 1 aromatic rings. The average Bonchev–Trinajstić information content (AvgIpc) is 2.61. The van der Waals surface area contributed by atoms with E-state index in [2.05, 4.69) is 50.7 Å². The second-order valence-corrected chi connectivity index (χ2v) is 5.40. The standard InChI is InChI=1S/C13H25N3/c1-7-8-11-9-12(10(2)14-6)15-16(11)13(3,4)5/h9-10,14H,7-8H2,1-6H3. The summed E-state index contributed by atoms with van der Waals surface area (Å²) in [5.41, 5.74) is 2.55. The minimum Gasteiger partial charge on any atom is -0.312 e. The van der Waals surface area contributed by atoms with E-state index in [-0.39, 0.29) is 5.54 Å². The molecule has 0 spiro atoms. The summed E-state index contributed by atoms with van der Waals surface area (Å²) in [5, 5.41) is 7.96. The molecule has 1 rings (SSSR count). The zero-order chi connectivity index (χ0) is 12.3. The predicted molar refractivity (Wildman–Crippen MR) is 68.7 cm³/mol. The van der Waals surface area contributed by atoms with E-state index in [1.165, 1.54) is 5.69 Å². The van der Waals surface area contributed by atoms with Crippen LogP contribution in [0.4, 0.5) is 0 Å². The van der Waals surface area contributed by atoms with E-state index in [9.17, 15) is 0 Å². The SMILES string of the molecule is CCCc1cc(C(C)NC)nn1C(C)(C)C. The lowest BCUT2D eigenvalue weighted by molar-refractivity contribution is 0.339. The summed E-state index contributed by atoms with van der Waals surface area (Å²) in [4.78, 5) is 0. The maximum absolute atomic E-state index is 4.72. The number of nitrogens with one attached hydrogen (secondary N) is 1. The third kappa shape index (κ3) is 2.85. The van der Waals surface area contributed by atoms with Crippen LogP contribution < -0.4 is 5.32 Å². The maximum atomic E-state index is 4.72. The van der Waals surface area contributed by atoms with E-state index in [0.717, 1.165) is 18.5 Å². The fourth-order valence-electron chi connectivity index (χ4n) is 1.81. The number of aryl methyl sites for hydroxylation is 1. The summed E-state index contributed by atoms with van der Waals surface area (Å²) in [5.74, 6) is 0. The van der Waals surface area contributed by atoms with Crippen LogP contribution >= 0.6 is 0 Å². The second kappa shape index (κ2) is 5.00. The summed E-state index contributed by atoms with van der Waals surface area (Å²) < 4.78 is 2.17. The van der Waals surface area contributed by atoms with Gasteiger partial charge < -0.3 is 5.32 Å². The monoisotopic (exact) mass is 223 g/mol. The Morgan fingerprint density at radius 3 is 2.50 bits per heavy atom. The van der Waals surface area contributed by atoms with Crippen molar-refractivity contribution in [2.45, 2.75) is 59.0 Å². The van der Waals surface area contributed by atoms with Crippen molar-refractivity contribution in [3.8, 4) is 0 Å². The van der Waals surface area contributed by atoms with Crippen molar-refractivity contribution in [1.82, 2.24) is 15.1 Å². The first kappa shape index (κ1) is 13.2. The smallest absolute Gasteiger partial charge is 0.0794 e. The van der Waals surface area contributed by atoms with E-state index in [0.29, 0.717) is 6.04 Å². The molecular weight excluding hydrogens is 198 g/mol. The number of nitrogens with zero attached hydrogens (tertiary/aromatic N) is 2. The molecule has 3 nitrogen and oxygen atoms in total. The maximum Gasteiger partial charge on any atom is 0.0794 e. The van der Waals surface area contributed by atoms with Gasteiger partial charge in [0, 0.05) is 11.7 Å². The molecule has 0 fully saturated rings. The molecule has 0 radical (unpaired) electrons. The van der Waals surface area contributed by atoms with Gasteiger partial charge in [-0.1, -0.05) is 13.3 Å². The lowest BCUT2D eigenvalue weighted by Crippen LogP contribution is -2.26. The number of rotatable bonds is 4. The Bertz CT molecular complexity index is 333. The van der Waals surface area contributed by atoms with Crippen LogP contribution in [0, 0.1) is 0 Å². The molecule has 0 saturated heterocycles. The summed E-state index contributed by atoms with van der Waals surface area (Å²) in [6, 6.07) is 2.55. The summed E-state index contributed by atoms with van der Waals surface area (Å²) in [6.07, 6.45) is 2.26. The minimum absolute atomic E-state index is 0.0657. The lowest BCUT2D eigenvalue weighted by atomic mass is 10.1. The quantitative estimate of drug-likeness (QED) is 0.850. The van der Waals surface area contributed by atoms with Gasteiger partial charge in [-0.2, -0.15) is 5.10 Å². The lowest BCUT2D eigenvalue weighted by Gasteiger charge is -2.22. The normalized spacial score (nSPS) is 14.1. The highest BCUT2D eigenvalue weighted by molar-refractivity contribution is 5.15. The minimum atomic E-state index is 0.0657. The molecule has 1 heterocycles. The molecule has 3 heteroatoms. The van der Waals surface area contributed by atoms with Gasteiger partial charge in [-0.3, -0.25) is 4.68 Å². The largest absolute Gasteiger partial charge is 0.312 e. The molecule has 16 heavy (non-hydrogen) atoms. The Labute approximate surface area is 99.2 Å². The van der Waals surface area contributed by atoms with Gasteiger partial charge in [-0.25, -0.2) is 0 Å². The molecule has 0 amide bonds. The highest BCUT2D eigenvalue weighted by atomic mass is 15.3. The van der Waals surface area contributed by atoms with Crippen molar-refractivity contribution in [2.24, 2.45) is 0 Å². The summed E-state index contributed by atoms with van der Waals surface area (Å²) in [7, 11) is 1.97. The molecule has 0 aliphatic rings. The highest BCUT2D eigenvalue weighted by Crippen LogP contribution is 2.21. The fourth-order valence-corrected chi connectivity index (χ4v) is 1.81. The molecule has 0 aliphatic heterocycles. The molecule has 92 valence electrons. The van der Waals surface area contributed by atoms with E-state index < -0.39 is 0 Å². The van der Waals surface area contributed by atoms with Gasteiger partial charge in [0.05, 0.1) is 11.2 Å². The molecule has 1 unspecified atom stereocenters. The highest BCUT2D eigenvalue weighted by Gasteiger charge is 2.20. The van der Waals surface area contributed by atoms with Crippen LogP contribution in [0.25, 0.3) is 0 Å². The van der Waals surface area contributed by atoms with E-state index in [1.807, 2.05) is 7.05 Å². The Morgan fingerprint density at radius 1 is 1.44 bits per heavy atom. The third-order valence-electron chi connectivity index (χ3n) is 2.82. The Hall–Kier alpha value is -0.830. The fraction of sp³-hybridized carbons (Fsp3) is 0.769. The van der Waals surface area contributed by atoms with E-state index in [4.69, 9.17) is 5.10 Å². The van der Waals surface area contributed by atoms with Crippen molar-refractivity contribution >= 4 is 0 Å². The van der Waals surface area contributed by atoms with Crippen LogP contribution in [-0.2, 0) is 12.0 Å². The van der Waals surface area contributed by atoms with Gasteiger partial charge in [0.25, 0.3) is 0 Å². The van der Waals surface area contributed by atoms with Crippen molar-refractivity contribution in [3.05, 3.63) is 17.5 Å². The Morgan fingerprint density at radius 2 is 2.06 bits per heavy atom. The summed E-state index contributed by atoms with van der Waals surface area (Å²) >= 11 is 0. The first-order valence-corrected chi connectivity index (χ1v) is 6.16. The van der Waals surface area contributed by atoms with Crippen LogP contribution in [0.1, 0.15) is 58.5 Å². The van der Waals surface area contributed by atoms with Crippen molar-refractivity contribution in [1.29, 1.82) is 0 Å². The van der Waals surface area contributed by atoms with Crippen molar-refractivity contribution < 1.29 is 0 Å². The molecule has 0 aromatic carbocycles. The van der Waals surface area contributed by atoms with E-state index in [1.54, 1.807) is 0 Å². The zero-order valence-electron chi connectivity index (χ0n) is 11.5. The van der Waals surface area contributed by atoms with Gasteiger partial charge >= 0.3 is 0 Å². The van der Waals surface area contributed by atoms with Crippen LogP contribution in [-0.4, -0.2) is 16.8 Å². The number of hydrogen-bond acceptors (Lipinski definition) is 2. The molecule has 1 N–H and O–H groups in total. The first-order valence-electron chi connectivity index (χ1n) is 6.16. The molecule has 1 atom stereocenters. The van der Waals surface area contributed by atoms with Gasteiger partial charge in [0.2, 0.25) is 0 Å². The molecular formula is C13H25N3. The van der Waals surface area contributed by atoms with Gasteiger partial charge in [-0.05, 0) is 47.2 Å². The Balaban J connectivity index is 3.10. The van der Waals surface area contributed by atoms with Crippen LogP contribution in [0.2, 0.25) is 0 Å². The number of hydrogen-bond donors (Lipinski definition) is 1. The zero-order valence-corrected chi connectivity index (χ0v) is 11.5. The van der Waals surface area contributed by atoms with Crippen LogP contribution in [0.5, 0.6) is 0 Å².